The maximum Gasteiger partial charge on any atom is 0.217 e. The van der Waals surface area contributed by atoms with Crippen LogP contribution in [0, 0.1) is 11.3 Å². The van der Waals surface area contributed by atoms with Crippen molar-refractivity contribution in [1.82, 2.24) is 25.1 Å². The molecule has 2 heterocycles. The maximum atomic E-state index is 11.1. The number of pyridine rings is 1. The predicted molar refractivity (Wildman–Crippen MR) is 66.1 cm³/mol. The first-order valence-electron chi connectivity index (χ1n) is 5.65. The number of amides is 1. The maximum absolute atomic E-state index is 11.1. The summed E-state index contributed by atoms with van der Waals surface area (Å²) < 4.78 is 1.53. The summed E-state index contributed by atoms with van der Waals surface area (Å²) in [5.41, 5.74) is 0.473. The minimum Gasteiger partial charge on any atom is -0.347 e. The number of rotatable bonds is 3. The van der Waals surface area contributed by atoms with Crippen molar-refractivity contribution in [2.75, 3.05) is 0 Å². The standard InChI is InChI=1S/C12H12N6O/c1-8(17-9(2)19)12-15-7-16-18(12)11-4-3-10(5-13)6-14-11/h3-4,6-8H,1-2H3,(H,17,19). The van der Waals surface area contributed by atoms with Crippen molar-refractivity contribution in [2.45, 2.75) is 19.9 Å². The highest BCUT2D eigenvalue weighted by atomic mass is 16.1. The Morgan fingerprint density at radius 1 is 1.47 bits per heavy atom. The van der Waals surface area contributed by atoms with Crippen molar-refractivity contribution < 1.29 is 4.79 Å². The fourth-order valence-corrected chi connectivity index (χ4v) is 1.67. The van der Waals surface area contributed by atoms with Gasteiger partial charge >= 0.3 is 0 Å². The van der Waals surface area contributed by atoms with E-state index in [0.717, 1.165) is 0 Å². The number of carbonyl (C=O) groups excluding carboxylic acids is 1. The van der Waals surface area contributed by atoms with Crippen LogP contribution in [0.2, 0.25) is 0 Å². The van der Waals surface area contributed by atoms with Crippen LogP contribution in [-0.2, 0) is 4.79 Å². The lowest BCUT2D eigenvalue weighted by Crippen LogP contribution is -2.26. The fraction of sp³-hybridized carbons (Fsp3) is 0.250. The molecule has 0 saturated heterocycles. The van der Waals surface area contributed by atoms with Gasteiger partial charge in [-0.2, -0.15) is 15.0 Å². The second-order valence-electron chi connectivity index (χ2n) is 3.97. The fourth-order valence-electron chi connectivity index (χ4n) is 1.67. The van der Waals surface area contributed by atoms with Crippen LogP contribution in [0.3, 0.4) is 0 Å². The molecule has 2 rings (SSSR count). The number of hydrogen-bond donors (Lipinski definition) is 1. The Morgan fingerprint density at radius 2 is 2.26 bits per heavy atom. The largest absolute Gasteiger partial charge is 0.347 e. The topological polar surface area (TPSA) is 96.5 Å². The van der Waals surface area contributed by atoms with Crippen LogP contribution in [0.15, 0.2) is 24.7 Å². The van der Waals surface area contributed by atoms with Gasteiger partial charge in [0.1, 0.15) is 12.4 Å². The smallest absolute Gasteiger partial charge is 0.217 e. The Labute approximate surface area is 109 Å². The van der Waals surface area contributed by atoms with E-state index in [-0.39, 0.29) is 11.9 Å². The molecule has 96 valence electrons. The number of nitrogens with zero attached hydrogens (tertiary/aromatic N) is 5. The van der Waals surface area contributed by atoms with Gasteiger partial charge in [0.15, 0.2) is 11.6 Å². The quantitative estimate of drug-likeness (QED) is 0.873. The summed E-state index contributed by atoms with van der Waals surface area (Å²) in [4.78, 5) is 19.3. The molecule has 0 radical (unpaired) electrons. The molecule has 1 amide bonds. The van der Waals surface area contributed by atoms with Crippen LogP contribution in [0.1, 0.15) is 31.3 Å². The van der Waals surface area contributed by atoms with E-state index in [4.69, 9.17) is 5.26 Å². The first-order chi connectivity index (χ1) is 9.11. The molecule has 2 aromatic heterocycles. The van der Waals surface area contributed by atoms with Crippen LogP contribution in [-0.4, -0.2) is 25.7 Å². The molecule has 7 heteroatoms. The number of nitrogens with one attached hydrogen (secondary N) is 1. The lowest BCUT2D eigenvalue weighted by molar-refractivity contribution is -0.119. The van der Waals surface area contributed by atoms with Crippen LogP contribution in [0.4, 0.5) is 0 Å². The summed E-state index contributed by atoms with van der Waals surface area (Å²) in [6, 6.07) is 5.05. The molecular formula is C12H12N6O. The molecule has 0 fully saturated rings. The molecule has 19 heavy (non-hydrogen) atoms. The molecule has 1 N–H and O–H groups in total. The zero-order valence-electron chi connectivity index (χ0n) is 10.5. The van der Waals surface area contributed by atoms with Crippen molar-refractivity contribution in [2.24, 2.45) is 0 Å². The number of nitriles is 1. The average Bonchev–Trinajstić information content (AvgIpc) is 2.87. The lowest BCUT2D eigenvalue weighted by Gasteiger charge is -2.12. The van der Waals surface area contributed by atoms with Crippen LogP contribution < -0.4 is 5.32 Å². The van der Waals surface area contributed by atoms with Gasteiger partial charge in [-0.25, -0.2) is 9.97 Å². The summed E-state index contributed by atoms with van der Waals surface area (Å²) >= 11 is 0. The van der Waals surface area contributed by atoms with Gasteiger partial charge in [0, 0.05) is 13.1 Å². The van der Waals surface area contributed by atoms with E-state index in [9.17, 15) is 4.79 Å². The van der Waals surface area contributed by atoms with E-state index in [2.05, 4.69) is 20.4 Å². The van der Waals surface area contributed by atoms with E-state index in [0.29, 0.717) is 17.2 Å². The predicted octanol–water partition coefficient (Wildman–Crippen LogP) is 0.731. The molecule has 0 saturated carbocycles. The molecule has 1 atom stereocenters. The molecule has 0 aliphatic heterocycles. The van der Waals surface area contributed by atoms with Gasteiger partial charge in [-0.1, -0.05) is 0 Å². The highest BCUT2D eigenvalue weighted by Crippen LogP contribution is 2.13. The van der Waals surface area contributed by atoms with E-state index < -0.39 is 0 Å². The molecule has 0 bridgehead atoms. The van der Waals surface area contributed by atoms with Gasteiger partial charge in [-0.15, -0.1) is 0 Å². The molecule has 0 aliphatic carbocycles. The second-order valence-corrected chi connectivity index (χ2v) is 3.97. The third kappa shape index (κ3) is 2.74. The zero-order chi connectivity index (χ0) is 13.8. The summed E-state index contributed by atoms with van der Waals surface area (Å²) in [5, 5.41) is 15.5. The number of aromatic nitrogens is 4. The second kappa shape index (κ2) is 5.27. The average molecular weight is 256 g/mol. The number of carbonyl (C=O) groups is 1. The summed E-state index contributed by atoms with van der Waals surface area (Å²) in [6.45, 7) is 3.25. The van der Waals surface area contributed by atoms with Crippen LogP contribution in [0.5, 0.6) is 0 Å². The van der Waals surface area contributed by atoms with Crippen molar-refractivity contribution in [3.63, 3.8) is 0 Å². The molecule has 0 aromatic carbocycles. The van der Waals surface area contributed by atoms with Gasteiger partial charge in [-0.3, -0.25) is 4.79 Å². The van der Waals surface area contributed by atoms with Crippen molar-refractivity contribution in [3.8, 4) is 11.9 Å². The van der Waals surface area contributed by atoms with E-state index in [1.807, 2.05) is 13.0 Å². The lowest BCUT2D eigenvalue weighted by atomic mass is 10.3. The zero-order valence-corrected chi connectivity index (χ0v) is 10.5. The Kier molecular flexibility index (Phi) is 3.52. The SMILES string of the molecule is CC(=O)NC(C)c1ncnn1-c1ccc(C#N)cn1. The Hall–Kier alpha value is -2.75. The minimum atomic E-state index is -0.280. The Bertz CT molecular complexity index is 624. The Morgan fingerprint density at radius 3 is 2.84 bits per heavy atom. The van der Waals surface area contributed by atoms with Crippen LogP contribution in [0.25, 0.3) is 5.82 Å². The van der Waals surface area contributed by atoms with E-state index in [1.54, 1.807) is 12.1 Å². The highest BCUT2D eigenvalue weighted by Gasteiger charge is 2.15. The molecule has 7 nitrogen and oxygen atoms in total. The summed E-state index contributed by atoms with van der Waals surface area (Å²) in [6.07, 6.45) is 2.86. The molecule has 0 aliphatic rings. The normalized spacial score (nSPS) is 11.6. The molecule has 1 unspecified atom stereocenters. The van der Waals surface area contributed by atoms with Gasteiger partial charge in [0.25, 0.3) is 0 Å². The van der Waals surface area contributed by atoms with Crippen molar-refractivity contribution >= 4 is 5.91 Å². The molecule has 2 aromatic rings. The first-order valence-corrected chi connectivity index (χ1v) is 5.65. The van der Waals surface area contributed by atoms with Crippen molar-refractivity contribution in [3.05, 3.63) is 36.0 Å². The number of hydrogen-bond acceptors (Lipinski definition) is 5. The third-order valence-electron chi connectivity index (χ3n) is 2.48. The molecular weight excluding hydrogens is 244 g/mol. The summed E-state index contributed by atoms with van der Waals surface area (Å²) in [7, 11) is 0. The first kappa shape index (κ1) is 12.7. The highest BCUT2D eigenvalue weighted by molar-refractivity contribution is 5.73. The third-order valence-corrected chi connectivity index (χ3v) is 2.48. The van der Waals surface area contributed by atoms with Gasteiger partial charge in [-0.05, 0) is 19.1 Å². The monoisotopic (exact) mass is 256 g/mol. The summed E-state index contributed by atoms with van der Waals surface area (Å²) in [5.74, 6) is 0.978. The van der Waals surface area contributed by atoms with Crippen molar-refractivity contribution in [1.29, 1.82) is 5.26 Å². The minimum absolute atomic E-state index is 0.144. The Balaban J connectivity index is 2.33. The van der Waals surface area contributed by atoms with Gasteiger partial charge in [0.2, 0.25) is 5.91 Å². The van der Waals surface area contributed by atoms with E-state index in [1.165, 1.54) is 24.1 Å². The van der Waals surface area contributed by atoms with Gasteiger partial charge < -0.3 is 5.32 Å². The van der Waals surface area contributed by atoms with Crippen LogP contribution >= 0.6 is 0 Å². The molecule has 0 spiro atoms. The van der Waals surface area contributed by atoms with E-state index >= 15 is 0 Å². The van der Waals surface area contributed by atoms with Gasteiger partial charge in [0.05, 0.1) is 11.6 Å².